The zero-order chi connectivity index (χ0) is 11.6. The summed E-state index contributed by atoms with van der Waals surface area (Å²) in [6, 6.07) is 0.733. The number of likely N-dealkylation sites (N-methyl/N-ethyl adjacent to an activating group) is 1. The van der Waals surface area contributed by atoms with Crippen LogP contribution in [0.25, 0.3) is 0 Å². The molecule has 94 valence electrons. The number of rotatable bonds is 4. The lowest BCUT2D eigenvalue weighted by Gasteiger charge is -2.28. The third-order valence-corrected chi connectivity index (χ3v) is 4.55. The molecule has 1 saturated heterocycles. The lowest BCUT2D eigenvalue weighted by Crippen LogP contribution is -2.43. The molecule has 0 radical (unpaired) electrons. The first-order valence-corrected chi connectivity index (χ1v) is 7.00. The van der Waals surface area contributed by atoms with Crippen LogP contribution in [0.4, 0.5) is 0 Å². The molecule has 0 amide bonds. The van der Waals surface area contributed by atoms with Crippen molar-refractivity contribution in [3.8, 4) is 0 Å². The fourth-order valence-corrected chi connectivity index (χ4v) is 3.49. The summed E-state index contributed by atoms with van der Waals surface area (Å²) >= 11 is 0. The van der Waals surface area contributed by atoms with E-state index in [1.807, 2.05) is 0 Å². The van der Waals surface area contributed by atoms with Crippen LogP contribution < -0.4 is 5.32 Å². The van der Waals surface area contributed by atoms with E-state index in [1.165, 1.54) is 51.7 Å². The molecule has 16 heavy (non-hydrogen) atoms. The minimum Gasteiger partial charge on any atom is -0.315 e. The lowest BCUT2D eigenvalue weighted by atomic mass is 9.93. The van der Waals surface area contributed by atoms with Crippen LogP contribution in [-0.2, 0) is 0 Å². The third kappa shape index (κ3) is 2.98. The average Bonchev–Trinajstić information content (AvgIpc) is 2.84. The van der Waals surface area contributed by atoms with Crippen molar-refractivity contribution in [2.75, 3.05) is 26.7 Å². The van der Waals surface area contributed by atoms with Gasteiger partial charge in [-0.1, -0.05) is 26.7 Å². The second-order valence-corrected chi connectivity index (χ2v) is 6.59. The summed E-state index contributed by atoms with van der Waals surface area (Å²) in [6.07, 6.45) is 7.17. The monoisotopic (exact) mass is 224 g/mol. The van der Waals surface area contributed by atoms with Crippen molar-refractivity contribution in [2.24, 2.45) is 11.3 Å². The Hall–Kier alpha value is -0.0800. The quantitative estimate of drug-likeness (QED) is 0.789. The Labute approximate surface area is 101 Å². The van der Waals surface area contributed by atoms with Gasteiger partial charge in [0.05, 0.1) is 0 Å². The van der Waals surface area contributed by atoms with E-state index in [4.69, 9.17) is 0 Å². The molecule has 1 unspecified atom stereocenters. The van der Waals surface area contributed by atoms with Gasteiger partial charge < -0.3 is 10.2 Å². The smallest absolute Gasteiger partial charge is 0.0220 e. The van der Waals surface area contributed by atoms with Crippen molar-refractivity contribution >= 4 is 0 Å². The molecule has 0 aromatic heterocycles. The van der Waals surface area contributed by atoms with Crippen LogP contribution >= 0.6 is 0 Å². The average molecular weight is 224 g/mol. The van der Waals surface area contributed by atoms with E-state index in [9.17, 15) is 0 Å². The van der Waals surface area contributed by atoms with Gasteiger partial charge in [-0.15, -0.1) is 0 Å². The highest BCUT2D eigenvalue weighted by molar-refractivity contribution is 4.88. The first-order valence-electron chi connectivity index (χ1n) is 7.00. The number of hydrogen-bond acceptors (Lipinski definition) is 2. The Kier molecular flexibility index (Phi) is 3.91. The molecular formula is C14H28N2. The molecule has 0 aromatic carbocycles. The Balaban J connectivity index is 1.82. The summed E-state index contributed by atoms with van der Waals surface area (Å²) < 4.78 is 0. The van der Waals surface area contributed by atoms with Crippen LogP contribution in [0.2, 0.25) is 0 Å². The van der Waals surface area contributed by atoms with E-state index >= 15 is 0 Å². The summed E-state index contributed by atoms with van der Waals surface area (Å²) in [6.45, 7) is 8.66. The maximum atomic E-state index is 3.56. The van der Waals surface area contributed by atoms with Gasteiger partial charge in [-0.25, -0.2) is 0 Å². The van der Waals surface area contributed by atoms with E-state index in [1.54, 1.807) is 0 Å². The zero-order valence-electron chi connectivity index (χ0n) is 11.3. The number of likely N-dealkylation sites (tertiary alicyclic amines) is 1. The highest BCUT2D eigenvalue weighted by atomic mass is 15.2. The Morgan fingerprint density at radius 2 is 2.00 bits per heavy atom. The van der Waals surface area contributed by atoms with E-state index in [0.29, 0.717) is 5.41 Å². The lowest BCUT2D eigenvalue weighted by molar-refractivity contribution is 0.229. The fourth-order valence-electron chi connectivity index (χ4n) is 3.49. The van der Waals surface area contributed by atoms with E-state index < -0.39 is 0 Å². The van der Waals surface area contributed by atoms with Crippen molar-refractivity contribution in [3.63, 3.8) is 0 Å². The molecular weight excluding hydrogens is 196 g/mol. The van der Waals surface area contributed by atoms with Gasteiger partial charge in [-0.3, -0.25) is 0 Å². The fraction of sp³-hybridized carbons (Fsp3) is 1.00. The van der Waals surface area contributed by atoms with Gasteiger partial charge in [0, 0.05) is 19.1 Å². The predicted octanol–water partition coefficient (Wildman–Crippen LogP) is 2.50. The Morgan fingerprint density at radius 3 is 2.50 bits per heavy atom. The molecule has 1 aliphatic heterocycles. The molecule has 1 atom stereocenters. The first-order chi connectivity index (χ1) is 7.61. The third-order valence-electron chi connectivity index (χ3n) is 4.55. The SMILES string of the molecule is CNC(CN1CCC(C)(C)C1)C1CCCC1. The van der Waals surface area contributed by atoms with Crippen molar-refractivity contribution in [1.29, 1.82) is 0 Å². The normalized spacial score (nSPS) is 28.7. The minimum atomic E-state index is 0.550. The number of nitrogens with zero attached hydrogens (tertiary/aromatic N) is 1. The van der Waals surface area contributed by atoms with Gasteiger partial charge in [-0.2, -0.15) is 0 Å². The second-order valence-electron chi connectivity index (χ2n) is 6.59. The molecule has 0 spiro atoms. The second kappa shape index (κ2) is 5.05. The minimum absolute atomic E-state index is 0.550. The summed E-state index contributed by atoms with van der Waals surface area (Å²) in [5.41, 5.74) is 0.550. The predicted molar refractivity (Wildman–Crippen MR) is 69.6 cm³/mol. The van der Waals surface area contributed by atoms with E-state index in [2.05, 4.69) is 31.1 Å². The van der Waals surface area contributed by atoms with Crippen LogP contribution in [0.15, 0.2) is 0 Å². The van der Waals surface area contributed by atoms with Crippen LogP contribution in [0.1, 0.15) is 46.0 Å². The molecule has 1 heterocycles. The highest BCUT2D eigenvalue weighted by Gasteiger charge is 2.32. The summed E-state index contributed by atoms with van der Waals surface area (Å²) in [5, 5.41) is 3.56. The van der Waals surface area contributed by atoms with Crippen LogP contribution in [0.3, 0.4) is 0 Å². The van der Waals surface area contributed by atoms with Gasteiger partial charge in [0.1, 0.15) is 0 Å². The Bertz CT molecular complexity index is 219. The van der Waals surface area contributed by atoms with Crippen molar-refractivity contribution in [3.05, 3.63) is 0 Å². The largest absolute Gasteiger partial charge is 0.315 e. The highest BCUT2D eigenvalue weighted by Crippen LogP contribution is 2.31. The van der Waals surface area contributed by atoms with Crippen molar-refractivity contribution in [2.45, 2.75) is 52.0 Å². The molecule has 2 heteroatoms. The van der Waals surface area contributed by atoms with Crippen LogP contribution in [0, 0.1) is 11.3 Å². The molecule has 2 fully saturated rings. The van der Waals surface area contributed by atoms with Crippen molar-refractivity contribution < 1.29 is 0 Å². The van der Waals surface area contributed by atoms with Gasteiger partial charge >= 0.3 is 0 Å². The van der Waals surface area contributed by atoms with E-state index in [-0.39, 0.29) is 0 Å². The first kappa shape index (κ1) is 12.4. The molecule has 2 rings (SSSR count). The molecule has 2 aliphatic rings. The van der Waals surface area contributed by atoms with Crippen molar-refractivity contribution in [1.82, 2.24) is 10.2 Å². The molecule has 2 nitrogen and oxygen atoms in total. The van der Waals surface area contributed by atoms with Crippen LogP contribution in [0.5, 0.6) is 0 Å². The summed E-state index contributed by atoms with van der Waals surface area (Å²) in [7, 11) is 2.14. The van der Waals surface area contributed by atoms with Gasteiger partial charge in [-0.05, 0) is 44.2 Å². The molecule has 0 aromatic rings. The van der Waals surface area contributed by atoms with Crippen LogP contribution in [-0.4, -0.2) is 37.6 Å². The molecule has 1 aliphatic carbocycles. The summed E-state index contributed by atoms with van der Waals surface area (Å²) in [5.74, 6) is 0.939. The standard InChI is InChI=1S/C14H28N2/c1-14(2)8-9-16(11-14)10-13(15-3)12-6-4-5-7-12/h12-13,15H,4-11H2,1-3H3. The molecule has 1 N–H and O–H groups in total. The zero-order valence-corrected chi connectivity index (χ0v) is 11.3. The van der Waals surface area contributed by atoms with Gasteiger partial charge in [0.2, 0.25) is 0 Å². The topological polar surface area (TPSA) is 15.3 Å². The maximum Gasteiger partial charge on any atom is 0.0220 e. The van der Waals surface area contributed by atoms with Gasteiger partial charge in [0.25, 0.3) is 0 Å². The molecule has 0 bridgehead atoms. The maximum absolute atomic E-state index is 3.56. The summed E-state index contributed by atoms with van der Waals surface area (Å²) in [4.78, 5) is 2.67. The van der Waals surface area contributed by atoms with E-state index in [0.717, 1.165) is 12.0 Å². The molecule has 1 saturated carbocycles. The Morgan fingerprint density at radius 1 is 1.31 bits per heavy atom. The number of hydrogen-bond donors (Lipinski definition) is 1. The van der Waals surface area contributed by atoms with Gasteiger partial charge in [0.15, 0.2) is 0 Å². The number of nitrogens with one attached hydrogen (secondary N) is 1.